The van der Waals surface area contributed by atoms with Gasteiger partial charge in [0.2, 0.25) is 0 Å². The quantitative estimate of drug-likeness (QED) is 0.879. The Morgan fingerprint density at radius 1 is 1.17 bits per heavy atom. The van der Waals surface area contributed by atoms with Crippen molar-refractivity contribution < 1.29 is 5.11 Å². The Kier molecular flexibility index (Phi) is 4.24. The third kappa shape index (κ3) is 3.25. The number of nitrogens with one attached hydrogen (secondary N) is 1. The molecule has 0 radical (unpaired) electrons. The van der Waals surface area contributed by atoms with Gasteiger partial charge in [-0.15, -0.1) is 0 Å². The third-order valence-electron chi connectivity index (χ3n) is 2.90. The Labute approximate surface area is 112 Å². The molecule has 0 heterocycles. The zero-order valence-corrected chi connectivity index (χ0v) is 11.0. The Balaban J connectivity index is 2.06. The Morgan fingerprint density at radius 2 is 2.00 bits per heavy atom. The lowest BCUT2D eigenvalue weighted by Gasteiger charge is -2.10. The summed E-state index contributed by atoms with van der Waals surface area (Å²) in [5, 5.41) is 13.2. The molecule has 0 amide bonds. The molecule has 94 valence electrons. The summed E-state index contributed by atoms with van der Waals surface area (Å²) in [7, 11) is 0. The van der Waals surface area contributed by atoms with E-state index >= 15 is 0 Å². The van der Waals surface area contributed by atoms with Gasteiger partial charge in [-0.1, -0.05) is 29.8 Å². The number of benzene rings is 2. The van der Waals surface area contributed by atoms with Crippen LogP contribution >= 0.6 is 11.6 Å². The van der Waals surface area contributed by atoms with Crippen molar-refractivity contribution in [2.45, 2.75) is 20.1 Å². The van der Waals surface area contributed by atoms with E-state index in [9.17, 15) is 0 Å². The van der Waals surface area contributed by atoms with Crippen LogP contribution in [-0.2, 0) is 13.2 Å². The van der Waals surface area contributed by atoms with Crippen LogP contribution in [0.5, 0.6) is 0 Å². The van der Waals surface area contributed by atoms with Crippen LogP contribution in [0.1, 0.15) is 16.7 Å². The maximum absolute atomic E-state index is 9.08. The number of aliphatic hydroxyl groups excluding tert-OH is 1. The van der Waals surface area contributed by atoms with E-state index in [1.807, 2.05) is 49.4 Å². The van der Waals surface area contributed by atoms with E-state index in [0.717, 1.165) is 22.8 Å². The molecule has 3 heteroatoms. The summed E-state index contributed by atoms with van der Waals surface area (Å²) in [6.45, 7) is 2.86. The Bertz CT molecular complexity index is 540. The highest BCUT2D eigenvalue weighted by Gasteiger charge is 2.00. The van der Waals surface area contributed by atoms with Crippen molar-refractivity contribution in [1.82, 2.24) is 0 Å². The predicted octanol–water partition coefficient (Wildman–Crippen LogP) is 3.75. The van der Waals surface area contributed by atoms with Crippen LogP contribution in [0.25, 0.3) is 0 Å². The lowest BCUT2D eigenvalue weighted by molar-refractivity contribution is 0.282. The first-order chi connectivity index (χ1) is 8.69. The maximum atomic E-state index is 9.08. The zero-order chi connectivity index (χ0) is 13.0. The van der Waals surface area contributed by atoms with Gasteiger partial charge in [0.25, 0.3) is 0 Å². The zero-order valence-electron chi connectivity index (χ0n) is 10.3. The second-order valence-electron chi connectivity index (χ2n) is 4.28. The molecule has 0 aromatic heterocycles. The summed E-state index contributed by atoms with van der Waals surface area (Å²) in [6.07, 6.45) is 0. The van der Waals surface area contributed by atoms with E-state index in [0.29, 0.717) is 0 Å². The summed E-state index contributed by atoms with van der Waals surface area (Å²) in [5.74, 6) is 0. The van der Waals surface area contributed by atoms with Crippen LogP contribution in [0.3, 0.4) is 0 Å². The number of hydrogen-bond acceptors (Lipinski definition) is 2. The number of hydrogen-bond donors (Lipinski definition) is 2. The molecule has 0 saturated heterocycles. The second kappa shape index (κ2) is 5.89. The van der Waals surface area contributed by atoms with Crippen molar-refractivity contribution in [3.63, 3.8) is 0 Å². The van der Waals surface area contributed by atoms with Crippen LogP contribution < -0.4 is 5.32 Å². The maximum Gasteiger partial charge on any atom is 0.0682 e. The van der Waals surface area contributed by atoms with E-state index < -0.39 is 0 Å². The molecule has 2 aromatic rings. The molecule has 0 aliphatic rings. The average molecular weight is 262 g/mol. The lowest BCUT2D eigenvalue weighted by atomic mass is 10.1. The first kappa shape index (κ1) is 12.9. The normalized spacial score (nSPS) is 10.4. The summed E-state index contributed by atoms with van der Waals surface area (Å²) in [6, 6.07) is 13.7. The highest BCUT2D eigenvalue weighted by Crippen LogP contribution is 2.17. The van der Waals surface area contributed by atoms with Gasteiger partial charge < -0.3 is 10.4 Å². The highest BCUT2D eigenvalue weighted by atomic mass is 35.5. The fraction of sp³-hybridized carbons (Fsp3) is 0.200. The molecule has 0 spiro atoms. The average Bonchev–Trinajstić information content (AvgIpc) is 2.38. The van der Waals surface area contributed by atoms with Gasteiger partial charge in [-0.25, -0.2) is 0 Å². The first-order valence-corrected chi connectivity index (χ1v) is 6.25. The molecule has 0 bridgehead atoms. The van der Waals surface area contributed by atoms with Gasteiger partial charge in [-0.2, -0.15) is 0 Å². The molecule has 2 nitrogen and oxygen atoms in total. The van der Waals surface area contributed by atoms with Crippen LogP contribution in [-0.4, -0.2) is 5.11 Å². The molecule has 0 aliphatic carbocycles. The van der Waals surface area contributed by atoms with Gasteiger partial charge in [0.15, 0.2) is 0 Å². The van der Waals surface area contributed by atoms with Gasteiger partial charge in [0, 0.05) is 17.3 Å². The van der Waals surface area contributed by atoms with Gasteiger partial charge in [-0.05, 0) is 47.9 Å². The van der Waals surface area contributed by atoms with Crippen LogP contribution in [0.15, 0.2) is 42.5 Å². The summed E-state index contributed by atoms with van der Waals surface area (Å²) in [4.78, 5) is 0. The smallest absolute Gasteiger partial charge is 0.0682 e. The van der Waals surface area contributed by atoms with Crippen molar-refractivity contribution in [2.75, 3.05) is 5.32 Å². The summed E-state index contributed by atoms with van der Waals surface area (Å²) >= 11 is 5.93. The second-order valence-corrected chi connectivity index (χ2v) is 4.72. The summed E-state index contributed by atoms with van der Waals surface area (Å²) in [5.41, 5.74) is 4.31. The van der Waals surface area contributed by atoms with Gasteiger partial charge in [-0.3, -0.25) is 0 Å². The molecule has 2 N–H and O–H groups in total. The van der Waals surface area contributed by atoms with Crippen LogP contribution in [0, 0.1) is 6.92 Å². The molecule has 0 aliphatic heterocycles. The van der Waals surface area contributed by atoms with Gasteiger partial charge in [0.1, 0.15) is 0 Å². The molecule has 2 rings (SSSR count). The van der Waals surface area contributed by atoms with E-state index in [1.165, 1.54) is 11.1 Å². The molecule has 0 unspecified atom stereocenters. The number of aryl methyl sites for hydroxylation is 1. The predicted molar refractivity (Wildman–Crippen MR) is 75.9 cm³/mol. The van der Waals surface area contributed by atoms with Crippen LogP contribution in [0.4, 0.5) is 5.69 Å². The molecular formula is C15H16ClNO. The van der Waals surface area contributed by atoms with E-state index in [4.69, 9.17) is 16.7 Å². The standard InChI is InChI=1S/C15H16ClNO/c1-11-7-14(16)6-5-13(11)9-17-15-4-2-3-12(8-15)10-18/h2-8,17-18H,9-10H2,1H3. The van der Waals surface area contributed by atoms with Crippen molar-refractivity contribution in [2.24, 2.45) is 0 Å². The molecule has 0 fully saturated rings. The van der Waals surface area contributed by atoms with E-state index in [-0.39, 0.29) is 6.61 Å². The topological polar surface area (TPSA) is 32.3 Å². The third-order valence-corrected chi connectivity index (χ3v) is 3.13. The molecule has 0 atom stereocenters. The Morgan fingerprint density at radius 3 is 2.72 bits per heavy atom. The minimum atomic E-state index is 0.0650. The minimum absolute atomic E-state index is 0.0650. The largest absolute Gasteiger partial charge is 0.392 e. The van der Waals surface area contributed by atoms with Gasteiger partial charge in [0.05, 0.1) is 6.61 Å². The van der Waals surface area contributed by atoms with E-state index in [1.54, 1.807) is 0 Å². The highest BCUT2D eigenvalue weighted by molar-refractivity contribution is 6.30. The minimum Gasteiger partial charge on any atom is -0.392 e. The molecule has 18 heavy (non-hydrogen) atoms. The Hall–Kier alpha value is -1.51. The van der Waals surface area contributed by atoms with Crippen molar-refractivity contribution in [3.8, 4) is 0 Å². The van der Waals surface area contributed by atoms with Crippen molar-refractivity contribution >= 4 is 17.3 Å². The van der Waals surface area contributed by atoms with Crippen molar-refractivity contribution in [1.29, 1.82) is 0 Å². The summed E-state index contributed by atoms with van der Waals surface area (Å²) < 4.78 is 0. The lowest BCUT2D eigenvalue weighted by Crippen LogP contribution is -2.01. The fourth-order valence-electron chi connectivity index (χ4n) is 1.83. The fourth-order valence-corrected chi connectivity index (χ4v) is 2.06. The molecular weight excluding hydrogens is 246 g/mol. The number of rotatable bonds is 4. The molecule has 2 aromatic carbocycles. The number of halogens is 1. The number of aliphatic hydroxyl groups is 1. The SMILES string of the molecule is Cc1cc(Cl)ccc1CNc1cccc(CO)c1. The van der Waals surface area contributed by atoms with E-state index in [2.05, 4.69) is 5.32 Å². The first-order valence-electron chi connectivity index (χ1n) is 5.88. The monoisotopic (exact) mass is 261 g/mol. The number of anilines is 1. The van der Waals surface area contributed by atoms with Crippen molar-refractivity contribution in [3.05, 3.63) is 64.2 Å². The van der Waals surface area contributed by atoms with Crippen LogP contribution in [0.2, 0.25) is 5.02 Å². The van der Waals surface area contributed by atoms with Gasteiger partial charge >= 0.3 is 0 Å². The molecule has 0 saturated carbocycles.